The summed E-state index contributed by atoms with van der Waals surface area (Å²) in [4.78, 5) is 22.6. The summed E-state index contributed by atoms with van der Waals surface area (Å²) in [6.07, 6.45) is 0. The fraction of sp³-hybridized carbons (Fsp3) is 0.125. The molecule has 5 nitrogen and oxygen atoms in total. The molecule has 0 saturated heterocycles. The number of ether oxygens (including phenoxy) is 2. The molecule has 0 aliphatic carbocycles. The minimum absolute atomic E-state index is 0.342. The zero-order valence-electron chi connectivity index (χ0n) is 11.4. The predicted octanol–water partition coefficient (Wildman–Crippen LogP) is 2.82. The molecule has 2 rings (SSSR count). The zero-order valence-corrected chi connectivity index (χ0v) is 11.4. The van der Waals surface area contributed by atoms with E-state index >= 15 is 0 Å². The molecule has 0 bridgehead atoms. The van der Waals surface area contributed by atoms with E-state index in [1.807, 2.05) is 30.3 Å². The second-order valence-corrected chi connectivity index (χ2v) is 4.28. The van der Waals surface area contributed by atoms with Crippen molar-refractivity contribution < 1.29 is 24.2 Å². The Balaban J connectivity index is 2.18. The van der Waals surface area contributed by atoms with Gasteiger partial charge in [-0.05, 0) is 29.8 Å². The maximum atomic E-state index is 11.5. The molecule has 1 unspecified atom stereocenters. The highest BCUT2D eigenvalue weighted by molar-refractivity contribution is 5.99. The lowest BCUT2D eigenvalue weighted by molar-refractivity contribution is -0.152. The lowest BCUT2D eigenvalue weighted by atomic mass is 9.99. The third-order valence-corrected chi connectivity index (χ3v) is 2.88. The number of hydrogen-bond acceptors (Lipinski definition) is 4. The van der Waals surface area contributed by atoms with Crippen LogP contribution in [0.4, 0.5) is 0 Å². The maximum absolute atomic E-state index is 11.5. The van der Waals surface area contributed by atoms with Gasteiger partial charge in [0.05, 0.1) is 7.11 Å². The van der Waals surface area contributed by atoms with Gasteiger partial charge in [-0.25, -0.2) is 0 Å². The van der Waals surface area contributed by atoms with Crippen molar-refractivity contribution in [3.63, 3.8) is 0 Å². The van der Waals surface area contributed by atoms with E-state index in [1.165, 1.54) is 12.1 Å². The van der Waals surface area contributed by atoms with Crippen molar-refractivity contribution in [3.05, 3.63) is 60.2 Å². The normalized spacial score (nSPS) is 11.5. The Kier molecular flexibility index (Phi) is 4.56. The molecule has 0 spiro atoms. The number of benzene rings is 2. The quantitative estimate of drug-likeness (QED) is 0.676. The minimum Gasteiger partial charge on any atom is -0.480 e. The van der Waals surface area contributed by atoms with Crippen LogP contribution in [0.2, 0.25) is 0 Å². The van der Waals surface area contributed by atoms with Crippen LogP contribution in [0.25, 0.3) is 0 Å². The molecular formula is C16H14O5. The van der Waals surface area contributed by atoms with Gasteiger partial charge >= 0.3 is 11.9 Å². The Hall–Kier alpha value is -2.82. The van der Waals surface area contributed by atoms with Crippen molar-refractivity contribution in [2.75, 3.05) is 7.11 Å². The summed E-state index contributed by atoms with van der Waals surface area (Å²) < 4.78 is 10.1. The second kappa shape index (κ2) is 6.56. The number of methoxy groups -OCH3 is 1. The van der Waals surface area contributed by atoms with E-state index in [0.29, 0.717) is 17.1 Å². The van der Waals surface area contributed by atoms with Crippen LogP contribution >= 0.6 is 0 Å². The molecule has 0 fully saturated rings. The number of esters is 1. The summed E-state index contributed by atoms with van der Waals surface area (Å²) in [5.41, 5.74) is 0.342. The van der Waals surface area contributed by atoms with E-state index in [0.717, 1.165) is 7.11 Å². The maximum Gasteiger partial charge on any atom is 0.324 e. The number of hydrogen-bond donors (Lipinski definition) is 1. The standard InChI is InChI=1S/C16H14O5/c1-20-16(19)14(15(17)18)11-7-9-13(10-8-11)21-12-5-3-2-4-6-12/h2-10,14H,1H3,(H,17,18). The third-order valence-electron chi connectivity index (χ3n) is 2.88. The number of carboxylic acid groups (broad SMARTS) is 1. The average Bonchev–Trinajstić information content (AvgIpc) is 2.49. The van der Waals surface area contributed by atoms with E-state index in [9.17, 15) is 9.59 Å². The number of para-hydroxylation sites is 1. The summed E-state index contributed by atoms with van der Waals surface area (Å²) >= 11 is 0. The molecule has 0 radical (unpaired) electrons. The monoisotopic (exact) mass is 286 g/mol. The first-order chi connectivity index (χ1) is 10.1. The van der Waals surface area contributed by atoms with Gasteiger partial charge in [-0.2, -0.15) is 0 Å². The number of rotatable bonds is 5. The van der Waals surface area contributed by atoms with Crippen molar-refractivity contribution in [2.24, 2.45) is 0 Å². The molecular weight excluding hydrogens is 272 g/mol. The van der Waals surface area contributed by atoms with Crippen LogP contribution in [-0.2, 0) is 14.3 Å². The molecule has 0 heterocycles. The molecule has 0 aliphatic heterocycles. The fourth-order valence-electron chi connectivity index (χ4n) is 1.85. The first kappa shape index (κ1) is 14.6. The van der Waals surface area contributed by atoms with Gasteiger partial charge < -0.3 is 14.6 Å². The molecule has 0 saturated carbocycles. The molecule has 0 aliphatic rings. The van der Waals surface area contributed by atoms with E-state index in [4.69, 9.17) is 9.84 Å². The fourth-order valence-corrected chi connectivity index (χ4v) is 1.85. The van der Waals surface area contributed by atoms with Crippen molar-refractivity contribution in [1.29, 1.82) is 0 Å². The van der Waals surface area contributed by atoms with Gasteiger partial charge in [0.1, 0.15) is 11.5 Å². The first-order valence-electron chi connectivity index (χ1n) is 6.25. The summed E-state index contributed by atoms with van der Waals surface area (Å²) in [7, 11) is 1.16. The van der Waals surface area contributed by atoms with Crippen LogP contribution in [0.1, 0.15) is 11.5 Å². The molecule has 2 aromatic carbocycles. The number of aliphatic carboxylic acids is 1. The predicted molar refractivity (Wildman–Crippen MR) is 75.4 cm³/mol. The Labute approximate surface area is 121 Å². The highest BCUT2D eigenvalue weighted by Crippen LogP contribution is 2.24. The van der Waals surface area contributed by atoms with Crippen LogP contribution in [0.5, 0.6) is 11.5 Å². The lowest BCUT2D eigenvalue weighted by Gasteiger charge is -2.11. The Morgan fingerprint density at radius 1 is 0.952 bits per heavy atom. The van der Waals surface area contributed by atoms with Crippen LogP contribution < -0.4 is 4.74 Å². The summed E-state index contributed by atoms with van der Waals surface area (Å²) in [6, 6.07) is 15.5. The number of carboxylic acids is 1. The topological polar surface area (TPSA) is 72.8 Å². The van der Waals surface area contributed by atoms with Gasteiger partial charge in [-0.1, -0.05) is 30.3 Å². The summed E-state index contributed by atoms with van der Waals surface area (Å²) in [6.45, 7) is 0. The van der Waals surface area contributed by atoms with E-state index < -0.39 is 17.9 Å². The second-order valence-electron chi connectivity index (χ2n) is 4.28. The zero-order chi connectivity index (χ0) is 15.2. The Bertz CT molecular complexity index is 619. The van der Waals surface area contributed by atoms with Crippen molar-refractivity contribution in [2.45, 2.75) is 5.92 Å². The van der Waals surface area contributed by atoms with Crippen LogP contribution in [0.3, 0.4) is 0 Å². The lowest BCUT2D eigenvalue weighted by Crippen LogP contribution is -2.22. The summed E-state index contributed by atoms with van der Waals surface area (Å²) in [5, 5.41) is 9.10. The number of carbonyl (C=O) groups is 2. The van der Waals surface area contributed by atoms with Gasteiger partial charge in [0.25, 0.3) is 0 Å². The highest BCUT2D eigenvalue weighted by Gasteiger charge is 2.29. The Morgan fingerprint density at radius 2 is 1.52 bits per heavy atom. The van der Waals surface area contributed by atoms with Crippen molar-refractivity contribution in [3.8, 4) is 11.5 Å². The molecule has 108 valence electrons. The van der Waals surface area contributed by atoms with E-state index in [1.54, 1.807) is 12.1 Å². The van der Waals surface area contributed by atoms with E-state index in [-0.39, 0.29) is 0 Å². The molecule has 2 aromatic rings. The first-order valence-corrected chi connectivity index (χ1v) is 6.25. The van der Waals surface area contributed by atoms with Gasteiger partial charge in [0.15, 0.2) is 5.92 Å². The van der Waals surface area contributed by atoms with Gasteiger partial charge in [-0.3, -0.25) is 9.59 Å². The third kappa shape index (κ3) is 3.60. The molecule has 5 heteroatoms. The molecule has 21 heavy (non-hydrogen) atoms. The van der Waals surface area contributed by atoms with Gasteiger partial charge in [-0.15, -0.1) is 0 Å². The van der Waals surface area contributed by atoms with Gasteiger partial charge in [0.2, 0.25) is 0 Å². The van der Waals surface area contributed by atoms with Crippen LogP contribution in [0, 0.1) is 0 Å². The van der Waals surface area contributed by atoms with Crippen molar-refractivity contribution >= 4 is 11.9 Å². The Morgan fingerprint density at radius 3 is 2.05 bits per heavy atom. The van der Waals surface area contributed by atoms with Crippen LogP contribution in [-0.4, -0.2) is 24.2 Å². The SMILES string of the molecule is COC(=O)C(C(=O)O)c1ccc(Oc2ccccc2)cc1. The van der Waals surface area contributed by atoms with E-state index in [2.05, 4.69) is 4.74 Å². The summed E-state index contributed by atoms with van der Waals surface area (Å²) in [5.74, 6) is -2.16. The average molecular weight is 286 g/mol. The molecule has 1 atom stereocenters. The van der Waals surface area contributed by atoms with Crippen LogP contribution in [0.15, 0.2) is 54.6 Å². The van der Waals surface area contributed by atoms with Gasteiger partial charge in [0, 0.05) is 0 Å². The number of carbonyl (C=O) groups excluding carboxylic acids is 1. The minimum atomic E-state index is -1.33. The molecule has 0 aromatic heterocycles. The highest BCUT2D eigenvalue weighted by atomic mass is 16.5. The smallest absolute Gasteiger partial charge is 0.324 e. The largest absolute Gasteiger partial charge is 0.480 e. The van der Waals surface area contributed by atoms with Crippen molar-refractivity contribution in [1.82, 2.24) is 0 Å². The molecule has 0 amide bonds. The molecule has 1 N–H and O–H groups in total.